The van der Waals surface area contributed by atoms with Crippen LogP contribution in [0.5, 0.6) is 0 Å². The summed E-state index contributed by atoms with van der Waals surface area (Å²) in [5, 5.41) is 6.58. The molecule has 0 radical (unpaired) electrons. The van der Waals surface area contributed by atoms with Crippen LogP contribution in [0.1, 0.15) is 22.6 Å². The maximum absolute atomic E-state index is 13.4. The van der Waals surface area contributed by atoms with Crippen molar-refractivity contribution in [2.45, 2.75) is 26.7 Å². The standard InChI is InChI=1S/C15H17FN2O2/c1-10-13(11(2)20-18-10)9-15(19)17-8-7-12-5-3-4-6-14(12)16/h3-6H,7-9H2,1-2H3,(H,17,19). The molecule has 1 aromatic heterocycles. The highest BCUT2D eigenvalue weighted by atomic mass is 19.1. The van der Waals surface area contributed by atoms with Crippen molar-refractivity contribution in [2.75, 3.05) is 6.54 Å². The summed E-state index contributed by atoms with van der Waals surface area (Å²) >= 11 is 0. The number of hydrogen-bond acceptors (Lipinski definition) is 3. The van der Waals surface area contributed by atoms with E-state index >= 15 is 0 Å². The Morgan fingerprint density at radius 1 is 1.35 bits per heavy atom. The average Bonchev–Trinajstić information content (AvgIpc) is 2.73. The van der Waals surface area contributed by atoms with Crippen molar-refractivity contribution in [1.82, 2.24) is 10.5 Å². The SMILES string of the molecule is Cc1noc(C)c1CC(=O)NCCc1ccccc1F. The highest BCUT2D eigenvalue weighted by Gasteiger charge is 2.13. The summed E-state index contributed by atoms with van der Waals surface area (Å²) in [6.45, 7) is 3.99. The minimum absolute atomic E-state index is 0.115. The van der Waals surface area contributed by atoms with Gasteiger partial charge >= 0.3 is 0 Å². The number of halogens is 1. The molecule has 4 nitrogen and oxygen atoms in total. The van der Waals surface area contributed by atoms with Crippen LogP contribution in [-0.2, 0) is 17.6 Å². The van der Waals surface area contributed by atoms with Gasteiger partial charge in [0.15, 0.2) is 0 Å². The van der Waals surface area contributed by atoms with Gasteiger partial charge in [0.2, 0.25) is 5.91 Å². The lowest BCUT2D eigenvalue weighted by atomic mass is 10.1. The van der Waals surface area contributed by atoms with Crippen LogP contribution in [0.2, 0.25) is 0 Å². The number of carbonyl (C=O) groups is 1. The smallest absolute Gasteiger partial charge is 0.224 e. The highest BCUT2D eigenvalue weighted by Crippen LogP contribution is 2.12. The van der Waals surface area contributed by atoms with Gasteiger partial charge in [0.05, 0.1) is 12.1 Å². The fraction of sp³-hybridized carbons (Fsp3) is 0.333. The van der Waals surface area contributed by atoms with Crippen molar-refractivity contribution in [1.29, 1.82) is 0 Å². The molecule has 0 saturated carbocycles. The molecule has 1 aromatic carbocycles. The van der Waals surface area contributed by atoms with Gasteiger partial charge in [0.1, 0.15) is 11.6 Å². The van der Waals surface area contributed by atoms with E-state index in [0.717, 1.165) is 11.3 Å². The van der Waals surface area contributed by atoms with Gasteiger partial charge in [-0.3, -0.25) is 4.79 Å². The van der Waals surface area contributed by atoms with Crippen molar-refractivity contribution in [3.63, 3.8) is 0 Å². The minimum Gasteiger partial charge on any atom is -0.361 e. The van der Waals surface area contributed by atoms with Gasteiger partial charge in [-0.25, -0.2) is 4.39 Å². The first kappa shape index (κ1) is 14.2. The fourth-order valence-corrected chi connectivity index (χ4v) is 2.02. The second-order valence-electron chi connectivity index (χ2n) is 4.67. The third kappa shape index (κ3) is 3.44. The molecule has 1 amide bonds. The molecular formula is C15H17FN2O2. The maximum atomic E-state index is 13.4. The summed E-state index contributed by atoms with van der Waals surface area (Å²) in [4.78, 5) is 11.8. The predicted molar refractivity (Wildman–Crippen MR) is 72.8 cm³/mol. The Labute approximate surface area is 117 Å². The number of rotatable bonds is 5. The van der Waals surface area contributed by atoms with Crippen LogP contribution >= 0.6 is 0 Å². The molecule has 5 heteroatoms. The van der Waals surface area contributed by atoms with Gasteiger partial charge in [-0.05, 0) is 31.9 Å². The Hall–Kier alpha value is -2.17. The second kappa shape index (κ2) is 6.32. The first-order chi connectivity index (χ1) is 9.58. The Morgan fingerprint density at radius 2 is 2.10 bits per heavy atom. The third-order valence-electron chi connectivity index (χ3n) is 3.19. The van der Waals surface area contributed by atoms with E-state index in [1.165, 1.54) is 6.07 Å². The van der Waals surface area contributed by atoms with E-state index in [-0.39, 0.29) is 18.1 Å². The van der Waals surface area contributed by atoms with Crippen molar-refractivity contribution in [3.05, 3.63) is 52.7 Å². The molecule has 106 valence electrons. The Morgan fingerprint density at radius 3 is 2.75 bits per heavy atom. The molecule has 2 rings (SSSR count). The van der Waals surface area contributed by atoms with Crippen LogP contribution < -0.4 is 5.32 Å². The van der Waals surface area contributed by atoms with E-state index in [1.807, 2.05) is 0 Å². The van der Waals surface area contributed by atoms with Crippen LogP contribution in [0.3, 0.4) is 0 Å². The molecule has 0 saturated heterocycles. The Balaban J connectivity index is 1.83. The molecule has 0 aliphatic rings. The zero-order chi connectivity index (χ0) is 14.5. The zero-order valence-electron chi connectivity index (χ0n) is 11.6. The first-order valence-corrected chi connectivity index (χ1v) is 6.49. The highest BCUT2D eigenvalue weighted by molar-refractivity contribution is 5.78. The van der Waals surface area contributed by atoms with Crippen molar-refractivity contribution >= 4 is 5.91 Å². The monoisotopic (exact) mass is 276 g/mol. The average molecular weight is 276 g/mol. The molecular weight excluding hydrogens is 259 g/mol. The summed E-state index contributed by atoms with van der Waals surface area (Å²) in [5.41, 5.74) is 2.14. The molecule has 0 spiro atoms. The van der Waals surface area contributed by atoms with Gasteiger partial charge in [-0.2, -0.15) is 0 Å². The topological polar surface area (TPSA) is 55.1 Å². The van der Waals surface area contributed by atoms with E-state index in [9.17, 15) is 9.18 Å². The molecule has 0 aliphatic carbocycles. The van der Waals surface area contributed by atoms with Crippen LogP contribution in [0.25, 0.3) is 0 Å². The van der Waals surface area contributed by atoms with E-state index < -0.39 is 0 Å². The van der Waals surface area contributed by atoms with Crippen molar-refractivity contribution in [3.8, 4) is 0 Å². The predicted octanol–water partition coefficient (Wildman–Crippen LogP) is 2.33. The molecule has 1 N–H and O–H groups in total. The molecule has 0 bridgehead atoms. The van der Waals surface area contributed by atoms with E-state index in [0.29, 0.717) is 24.3 Å². The molecule has 0 atom stereocenters. The van der Waals surface area contributed by atoms with E-state index in [4.69, 9.17) is 4.52 Å². The van der Waals surface area contributed by atoms with Gasteiger partial charge in [0.25, 0.3) is 0 Å². The van der Waals surface area contributed by atoms with Crippen LogP contribution in [0.4, 0.5) is 4.39 Å². The summed E-state index contributed by atoms with van der Waals surface area (Å²) in [5.74, 6) is 0.301. The second-order valence-corrected chi connectivity index (χ2v) is 4.67. The lowest BCUT2D eigenvalue weighted by Crippen LogP contribution is -2.27. The van der Waals surface area contributed by atoms with Crippen molar-refractivity contribution in [2.24, 2.45) is 0 Å². The Kier molecular flexibility index (Phi) is 4.50. The number of hydrogen-bond donors (Lipinski definition) is 1. The van der Waals surface area contributed by atoms with Crippen LogP contribution in [-0.4, -0.2) is 17.6 Å². The molecule has 2 aromatic rings. The lowest BCUT2D eigenvalue weighted by Gasteiger charge is -2.06. The van der Waals surface area contributed by atoms with Gasteiger partial charge < -0.3 is 9.84 Å². The third-order valence-corrected chi connectivity index (χ3v) is 3.19. The number of carbonyl (C=O) groups excluding carboxylic acids is 1. The fourth-order valence-electron chi connectivity index (χ4n) is 2.02. The minimum atomic E-state index is -0.243. The van der Waals surface area contributed by atoms with E-state index in [1.54, 1.807) is 32.0 Å². The maximum Gasteiger partial charge on any atom is 0.224 e. The normalized spacial score (nSPS) is 10.6. The molecule has 0 fully saturated rings. The number of nitrogens with one attached hydrogen (secondary N) is 1. The van der Waals surface area contributed by atoms with Gasteiger partial charge in [-0.1, -0.05) is 23.4 Å². The number of aryl methyl sites for hydroxylation is 2. The number of amides is 1. The Bertz CT molecular complexity index is 588. The molecule has 20 heavy (non-hydrogen) atoms. The van der Waals surface area contributed by atoms with Crippen LogP contribution in [0.15, 0.2) is 28.8 Å². The molecule has 1 heterocycles. The molecule has 0 aliphatic heterocycles. The zero-order valence-corrected chi connectivity index (χ0v) is 11.6. The summed E-state index contributed by atoms with van der Waals surface area (Å²) < 4.78 is 18.4. The number of benzene rings is 1. The molecule has 0 unspecified atom stereocenters. The number of aromatic nitrogens is 1. The summed E-state index contributed by atoms with van der Waals surface area (Å²) in [6, 6.07) is 6.57. The van der Waals surface area contributed by atoms with Crippen LogP contribution in [0, 0.1) is 19.7 Å². The van der Waals surface area contributed by atoms with Gasteiger partial charge in [-0.15, -0.1) is 0 Å². The van der Waals surface area contributed by atoms with Crippen molar-refractivity contribution < 1.29 is 13.7 Å². The largest absolute Gasteiger partial charge is 0.361 e. The first-order valence-electron chi connectivity index (χ1n) is 6.49. The number of nitrogens with zero attached hydrogens (tertiary/aromatic N) is 1. The van der Waals surface area contributed by atoms with Gasteiger partial charge in [0, 0.05) is 12.1 Å². The summed E-state index contributed by atoms with van der Waals surface area (Å²) in [7, 11) is 0. The quantitative estimate of drug-likeness (QED) is 0.912. The van der Waals surface area contributed by atoms with E-state index in [2.05, 4.69) is 10.5 Å². The lowest BCUT2D eigenvalue weighted by molar-refractivity contribution is -0.120. The summed E-state index contributed by atoms with van der Waals surface area (Å²) in [6.07, 6.45) is 0.707.